The summed E-state index contributed by atoms with van der Waals surface area (Å²) in [6, 6.07) is 71.6. The molecule has 0 atom stereocenters. The molecule has 6 heteroatoms. The molecule has 7 aliphatic rings. The molecule has 7 aliphatic heterocycles. The fraction of sp³-hybridized carbons (Fsp3) is 0.0741. The molecule has 2 aromatic heterocycles. The number of hydrogen-bond acceptors (Lipinski definition) is 0. The highest BCUT2D eigenvalue weighted by molar-refractivity contribution is 5.76. The highest BCUT2D eigenvalue weighted by Crippen LogP contribution is 2.30. The van der Waals surface area contributed by atoms with E-state index in [2.05, 4.69) is 225 Å². The van der Waals surface area contributed by atoms with Crippen LogP contribution in [0.5, 0.6) is 0 Å². The van der Waals surface area contributed by atoms with Crippen molar-refractivity contribution in [1.82, 2.24) is 9.13 Å². The summed E-state index contributed by atoms with van der Waals surface area (Å²) < 4.78 is 9.50. The molecule has 10 aromatic rings. The maximum absolute atomic E-state index is 2.38. The second kappa shape index (κ2) is 16.7. The molecule has 60 heavy (non-hydrogen) atoms. The maximum atomic E-state index is 2.38. The third-order valence-corrected chi connectivity index (χ3v) is 11.8. The number of fused-ring (bicyclic) bond motifs is 2. The maximum Gasteiger partial charge on any atom is 0.245 e. The van der Waals surface area contributed by atoms with Gasteiger partial charge in [0, 0.05) is 0 Å². The smallest absolute Gasteiger partial charge is 0.245 e. The Morgan fingerprint density at radius 3 is 0.967 bits per heavy atom. The first-order valence-corrected chi connectivity index (χ1v) is 20.2. The van der Waals surface area contributed by atoms with E-state index in [1.54, 1.807) is 0 Å². The van der Waals surface area contributed by atoms with Crippen LogP contribution in [0.1, 0.15) is 22.3 Å². The molecule has 292 valence electrons. The van der Waals surface area contributed by atoms with Crippen molar-refractivity contribution < 1.29 is 43.1 Å². The normalized spacial score (nSPS) is 12.1. The van der Waals surface area contributed by atoms with Crippen LogP contribution < -0.4 is 43.1 Å². The number of hydrogen-bond donors (Lipinski definition) is 0. The van der Waals surface area contributed by atoms with Gasteiger partial charge in [0.1, 0.15) is 26.2 Å². The van der Waals surface area contributed by atoms with Gasteiger partial charge < -0.3 is 34.0 Å². The number of rotatable bonds is 0. The van der Waals surface area contributed by atoms with E-state index in [4.69, 9.17) is 0 Å². The predicted molar refractivity (Wildman–Crippen MR) is 235 cm³/mol. The second-order valence-corrected chi connectivity index (χ2v) is 15.7. The van der Waals surface area contributed by atoms with E-state index in [1.165, 1.54) is 88.8 Å². The number of para-hydroxylation sites is 4. The molecule has 16 bridgehead atoms. The fourth-order valence-corrected chi connectivity index (χ4v) is 8.74. The lowest BCUT2D eigenvalue weighted by Gasteiger charge is -2.08. The molecular formula is C54H42Br2N4. The molecule has 9 heterocycles. The topological polar surface area (TPSA) is 17.6 Å². The van der Waals surface area contributed by atoms with Gasteiger partial charge in [-0.15, -0.1) is 0 Å². The van der Waals surface area contributed by atoms with Crippen molar-refractivity contribution in [2.75, 3.05) is 0 Å². The van der Waals surface area contributed by atoms with E-state index in [9.17, 15) is 0 Å². The molecule has 0 fully saturated rings. The van der Waals surface area contributed by atoms with Gasteiger partial charge in [-0.2, -0.15) is 0 Å². The van der Waals surface area contributed by atoms with Crippen molar-refractivity contribution in [2.45, 2.75) is 26.2 Å². The van der Waals surface area contributed by atoms with Gasteiger partial charge in [-0.25, -0.2) is 18.3 Å². The highest BCUT2D eigenvalue weighted by atomic mass is 79.9. The lowest BCUT2D eigenvalue weighted by molar-refractivity contribution is -0.663. The molecule has 0 N–H and O–H groups in total. The first kappa shape index (κ1) is 39.1. The molecule has 4 nitrogen and oxygen atoms in total. The summed E-state index contributed by atoms with van der Waals surface area (Å²) in [6.45, 7) is 3.21. The third-order valence-electron chi connectivity index (χ3n) is 11.8. The summed E-state index contributed by atoms with van der Waals surface area (Å²) in [7, 11) is 0. The molecule has 0 unspecified atom stereocenters. The molecule has 0 spiro atoms. The van der Waals surface area contributed by atoms with Gasteiger partial charge in [0.2, 0.25) is 12.7 Å². The molecule has 0 aliphatic carbocycles. The van der Waals surface area contributed by atoms with E-state index in [0.29, 0.717) is 0 Å². The van der Waals surface area contributed by atoms with Crippen LogP contribution in [-0.4, -0.2) is 9.13 Å². The first-order valence-electron chi connectivity index (χ1n) is 20.2. The average molecular weight is 907 g/mol. The molecule has 0 radical (unpaired) electrons. The van der Waals surface area contributed by atoms with Crippen LogP contribution in [0.15, 0.2) is 207 Å². The Kier molecular flexibility index (Phi) is 10.9. The summed E-state index contributed by atoms with van der Waals surface area (Å²) in [4.78, 5) is 0. The summed E-state index contributed by atoms with van der Waals surface area (Å²) in [5.41, 5.74) is 19.8. The van der Waals surface area contributed by atoms with E-state index in [-0.39, 0.29) is 34.0 Å². The van der Waals surface area contributed by atoms with Gasteiger partial charge in [0.25, 0.3) is 0 Å². The number of nitrogens with zero attached hydrogens (tertiary/aromatic N) is 4. The fourth-order valence-electron chi connectivity index (χ4n) is 8.74. The monoisotopic (exact) mass is 904 g/mol. The summed E-state index contributed by atoms with van der Waals surface area (Å²) in [6.07, 6.45) is 4.55. The third kappa shape index (κ3) is 7.65. The minimum Gasteiger partial charge on any atom is -1.00 e. The van der Waals surface area contributed by atoms with E-state index in [0.717, 1.165) is 26.2 Å². The number of benzene rings is 8. The van der Waals surface area contributed by atoms with Gasteiger partial charge in [-0.3, -0.25) is 0 Å². The zero-order valence-electron chi connectivity index (χ0n) is 33.0. The van der Waals surface area contributed by atoms with Crippen LogP contribution >= 0.6 is 0 Å². The van der Waals surface area contributed by atoms with E-state index >= 15 is 0 Å². The number of aromatic nitrogens is 4. The van der Waals surface area contributed by atoms with E-state index in [1.807, 2.05) is 0 Å². The second-order valence-electron chi connectivity index (χ2n) is 15.7. The van der Waals surface area contributed by atoms with Crippen LogP contribution in [0, 0.1) is 0 Å². The Labute approximate surface area is 371 Å². The molecule has 17 rings (SSSR count). The standard InChI is InChI=1S/C54H42N4.2BrH/c1-2-12-52-51(11-1)55-33-39-15-23-43(24-16-39)47-7-5-9-49(31-47)45-27-19-41(20-28-45)35-57-38-58(54-14-4-3-13-53(54)57)36-42-21-29-46(30-22-42)50-10-6-8-48(32-50)44-25-17-40(18-26-44)34-56(52)37-55;;/h1-32,37-38H,33-36H2;2*1H/q+2;;/p-2. The Bertz CT molecular complexity index is 2680. The van der Waals surface area contributed by atoms with Gasteiger partial charge in [0.15, 0.2) is 22.1 Å². The Morgan fingerprint density at radius 2 is 0.617 bits per heavy atom. The molecular weight excluding hydrogens is 864 g/mol. The predicted octanol–water partition coefficient (Wildman–Crippen LogP) is 5.35. The van der Waals surface area contributed by atoms with Crippen LogP contribution in [-0.2, 0) is 26.2 Å². The van der Waals surface area contributed by atoms with Crippen LogP contribution in [0.4, 0.5) is 0 Å². The molecule has 0 saturated heterocycles. The van der Waals surface area contributed by atoms with Crippen LogP contribution in [0.2, 0.25) is 0 Å². The lowest BCUT2D eigenvalue weighted by Crippen LogP contribution is -3.00. The minimum absolute atomic E-state index is 0. The summed E-state index contributed by atoms with van der Waals surface area (Å²) in [5, 5.41) is 0. The number of imidazole rings is 2. The SMILES string of the molecule is [Br-].[Br-].c1cc2cc(c1)-c1ccc(cc1)Cn1c[n+](c3ccccc31)Cc1ccc(cc1)-c1cccc(c1)-c1ccc(cc1)C[n+]1cn(c3ccccc31)Cc1ccc-2cc1. The first-order chi connectivity index (χ1) is 28.7. The van der Waals surface area contributed by atoms with Crippen molar-refractivity contribution in [1.29, 1.82) is 0 Å². The van der Waals surface area contributed by atoms with Crippen molar-refractivity contribution in [2.24, 2.45) is 0 Å². The van der Waals surface area contributed by atoms with Crippen molar-refractivity contribution in [3.05, 3.63) is 229 Å². The van der Waals surface area contributed by atoms with Crippen LogP contribution in [0.3, 0.4) is 0 Å². The quantitative estimate of drug-likeness (QED) is 0.183. The Morgan fingerprint density at radius 1 is 0.300 bits per heavy atom. The zero-order valence-corrected chi connectivity index (χ0v) is 36.2. The van der Waals surface area contributed by atoms with Crippen LogP contribution in [0.25, 0.3) is 66.6 Å². The van der Waals surface area contributed by atoms with Crippen molar-refractivity contribution in [3.8, 4) is 44.5 Å². The minimum atomic E-state index is 0. The van der Waals surface area contributed by atoms with Gasteiger partial charge in [-0.1, -0.05) is 158 Å². The van der Waals surface area contributed by atoms with Gasteiger partial charge in [0.05, 0.1) is 0 Å². The summed E-state index contributed by atoms with van der Waals surface area (Å²) >= 11 is 0. The number of halogens is 2. The molecule has 8 aromatic carbocycles. The van der Waals surface area contributed by atoms with E-state index < -0.39 is 0 Å². The Balaban J connectivity index is 0.00000231. The largest absolute Gasteiger partial charge is 1.00 e. The highest BCUT2D eigenvalue weighted by Gasteiger charge is 2.18. The van der Waals surface area contributed by atoms with Gasteiger partial charge in [-0.05, 0) is 103 Å². The Hall–Kier alpha value is -6.34. The lowest BCUT2D eigenvalue weighted by atomic mass is 9.98. The van der Waals surface area contributed by atoms with Crippen molar-refractivity contribution >= 4 is 22.1 Å². The zero-order chi connectivity index (χ0) is 38.4. The van der Waals surface area contributed by atoms with Crippen molar-refractivity contribution in [3.63, 3.8) is 0 Å². The van der Waals surface area contributed by atoms with Gasteiger partial charge >= 0.3 is 0 Å². The summed E-state index contributed by atoms with van der Waals surface area (Å²) in [5.74, 6) is 0. The molecule has 0 amide bonds. The molecule has 0 saturated carbocycles. The average Bonchev–Trinajstić information content (AvgIpc) is 3.81.